The van der Waals surface area contributed by atoms with E-state index in [0.717, 1.165) is 0 Å². The molecule has 2 heterocycles. The molecule has 10 rings (SSSR count). The maximum atomic E-state index is 2.47. The van der Waals surface area contributed by atoms with Crippen molar-refractivity contribution in [1.29, 1.82) is 0 Å². The molecule has 0 N–H and O–H groups in total. The molecular weight excluding hydrogens is 556 g/mol. The molecular formula is C44H28N2. The molecule has 0 bridgehead atoms. The minimum absolute atomic E-state index is 1.17. The van der Waals surface area contributed by atoms with Crippen LogP contribution in [0.4, 0.5) is 0 Å². The molecule has 2 heteroatoms. The normalized spacial score (nSPS) is 11.9. The first-order valence-corrected chi connectivity index (χ1v) is 15.9. The smallest absolute Gasteiger partial charge is 0.0547 e. The molecule has 0 saturated heterocycles. The Hall–Kier alpha value is -6.12. The van der Waals surface area contributed by atoms with E-state index in [9.17, 15) is 0 Å². The van der Waals surface area contributed by atoms with Crippen LogP contribution in [0.3, 0.4) is 0 Å². The zero-order chi connectivity index (χ0) is 30.2. The van der Waals surface area contributed by atoms with Gasteiger partial charge in [-0.15, -0.1) is 0 Å². The minimum atomic E-state index is 1.17. The Labute approximate surface area is 266 Å². The summed E-state index contributed by atoms with van der Waals surface area (Å²) in [5.41, 5.74) is 9.65. The van der Waals surface area contributed by atoms with Gasteiger partial charge in [-0.05, 0) is 69.8 Å². The number of benzene rings is 8. The first-order valence-electron chi connectivity index (χ1n) is 15.9. The van der Waals surface area contributed by atoms with E-state index < -0.39 is 0 Å². The van der Waals surface area contributed by atoms with Crippen LogP contribution in [0.1, 0.15) is 0 Å². The lowest BCUT2D eigenvalue weighted by Gasteiger charge is -2.15. The van der Waals surface area contributed by atoms with Gasteiger partial charge in [0.2, 0.25) is 0 Å². The Morgan fingerprint density at radius 1 is 0.283 bits per heavy atom. The first kappa shape index (κ1) is 25.2. The third-order valence-corrected chi connectivity index (χ3v) is 9.68. The van der Waals surface area contributed by atoms with E-state index in [-0.39, 0.29) is 0 Å². The number of hydrogen-bond donors (Lipinski definition) is 0. The van der Waals surface area contributed by atoms with Crippen molar-refractivity contribution in [3.05, 3.63) is 170 Å². The SMILES string of the molecule is c1ccc(-n2c3ccccc3c3ccc(-c4ccc5c6ccccc6n(-c6cc7ccccc7c7ccccc67)c5c4)cc32)cc1. The number of rotatable bonds is 3. The maximum absolute atomic E-state index is 2.47. The van der Waals surface area contributed by atoms with Crippen molar-refractivity contribution in [2.45, 2.75) is 0 Å². The van der Waals surface area contributed by atoms with Gasteiger partial charge in [-0.1, -0.05) is 127 Å². The lowest BCUT2D eigenvalue weighted by molar-refractivity contribution is 1.18. The van der Waals surface area contributed by atoms with Crippen molar-refractivity contribution >= 4 is 65.2 Å². The van der Waals surface area contributed by atoms with Crippen LogP contribution in [0.25, 0.3) is 87.7 Å². The molecule has 0 unspecified atom stereocenters. The third kappa shape index (κ3) is 3.59. The largest absolute Gasteiger partial charge is 0.309 e. The second kappa shape index (κ2) is 9.69. The van der Waals surface area contributed by atoms with Crippen molar-refractivity contribution in [1.82, 2.24) is 9.13 Å². The number of nitrogens with zero attached hydrogens (tertiary/aromatic N) is 2. The fraction of sp³-hybridized carbons (Fsp3) is 0. The molecule has 0 aliphatic heterocycles. The summed E-state index contributed by atoms with van der Waals surface area (Å²) in [6.07, 6.45) is 0. The van der Waals surface area contributed by atoms with Crippen LogP contribution in [0, 0.1) is 0 Å². The molecule has 214 valence electrons. The van der Waals surface area contributed by atoms with E-state index >= 15 is 0 Å². The average Bonchev–Trinajstić information content (AvgIpc) is 3.64. The average molecular weight is 585 g/mol. The van der Waals surface area contributed by atoms with Crippen molar-refractivity contribution in [3.63, 3.8) is 0 Å². The van der Waals surface area contributed by atoms with Crippen molar-refractivity contribution in [2.75, 3.05) is 0 Å². The molecule has 8 aromatic carbocycles. The van der Waals surface area contributed by atoms with Gasteiger partial charge in [-0.25, -0.2) is 0 Å². The Kier molecular flexibility index (Phi) is 5.31. The van der Waals surface area contributed by atoms with Crippen LogP contribution >= 0.6 is 0 Å². The van der Waals surface area contributed by atoms with Crippen LogP contribution in [-0.2, 0) is 0 Å². The summed E-state index contributed by atoms with van der Waals surface area (Å²) < 4.78 is 4.87. The Balaban J connectivity index is 1.26. The third-order valence-electron chi connectivity index (χ3n) is 9.68. The quantitative estimate of drug-likeness (QED) is 0.183. The highest BCUT2D eigenvalue weighted by Gasteiger charge is 2.18. The molecule has 0 fully saturated rings. The fourth-order valence-electron chi connectivity index (χ4n) is 7.63. The maximum Gasteiger partial charge on any atom is 0.0547 e. The Morgan fingerprint density at radius 2 is 0.761 bits per heavy atom. The first-order chi connectivity index (χ1) is 22.8. The second-order valence-electron chi connectivity index (χ2n) is 12.2. The molecule has 0 radical (unpaired) electrons. The Bertz CT molecular complexity index is 2800. The van der Waals surface area contributed by atoms with Crippen molar-refractivity contribution in [3.8, 4) is 22.5 Å². The van der Waals surface area contributed by atoms with E-state index in [1.807, 2.05) is 0 Å². The zero-order valence-electron chi connectivity index (χ0n) is 25.1. The van der Waals surface area contributed by atoms with Crippen molar-refractivity contribution in [2.24, 2.45) is 0 Å². The van der Waals surface area contributed by atoms with Gasteiger partial charge in [-0.2, -0.15) is 0 Å². The summed E-state index contributed by atoms with van der Waals surface area (Å²) >= 11 is 0. The highest BCUT2D eigenvalue weighted by atomic mass is 15.0. The lowest BCUT2D eigenvalue weighted by Crippen LogP contribution is -1.96. The summed E-state index contributed by atoms with van der Waals surface area (Å²) in [5.74, 6) is 0. The predicted octanol–water partition coefficient (Wildman–Crippen LogP) is 11.9. The van der Waals surface area contributed by atoms with E-state index in [1.54, 1.807) is 0 Å². The van der Waals surface area contributed by atoms with Crippen molar-refractivity contribution < 1.29 is 0 Å². The molecule has 0 atom stereocenters. The summed E-state index contributed by atoms with van der Waals surface area (Å²) in [4.78, 5) is 0. The van der Waals surface area contributed by atoms with Crippen LogP contribution in [0.15, 0.2) is 170 Å². The van der Waals surface area contributed by atoms with Gasteiger partial charge < -0.3 is 9.13 Å². The van der Waals surface area contributed by atoms with Gasteiger partial charge in [0.25, 0.3) is 0 Å². The van der Waals surface area contributed by atoms with Crippen LogP contribution < -0.4 is 0 Å². The topological polar surface area (TPSA) is 9.86 Å². The van der Waals surface area contributed by atoms with Crippen LogP contribution in [-0.4, -0.2) is 9.13 Å². The second-order valence-corrected chi connectivity index (χ2v) is 12.2. The molecule has 0 aliphatic carbocycles. The lowest BCUT2D eigenvalue weighted by atomic mass is 9.99. The number of para-hydroxylation sites is 3. The monoisotopic (exact) mass is 584 g/mol. The van der Waals surface area contributed by atoms with E-state index in [4.69, 9.17) is 0 Å². The van der Waals surface area contributed by atoms with Gasteiger partial charge in [0.1, 0.15) is 0 Å². The van der Waals surface area contributed by atoms with Gasteiger partial charge in [0, 0.05) is 32.6 Å². The Morgan fingerprint density at radius 3 is 1.43 bits per heavy atom. The molecule has 10 aromatic rings. The van der Waals surface area contributed by atoms with Gasteiger partial charge >= 0.3 is 0 Å². The molecule has 0 spiro atoms. The summed E-state index contributed by atoms with van der Waals surface area (Å²) in [7, 11) is 0. The molecule has 0 saturated carbocycles. The predicted molar refractivity (Wildman–Crippen MR) is 196 cm³/mol. The van der Waals surface area contributed by atoms with Gasteiger partial charge in [0.05, 0.1) is 27.8 Å². The molecule has 46 heavy (non-hydrogen) atoms. The minimum Gasteiger partial charge on any atom is -0.309 e. The standard InChI is InChI=1S/C44H28N2/c1-2-13-32(14-3-1)45-40-20-10-8-18-36(40)38-24-22-29(26-42(38)45)30-23-25-39-37-19-9-11-21-41(37)46(43(39)27-30)44-28-31-12-4-5-15-33(31)34-16-6-7-17-35(34)44/h1-28H. The van der Waals surface area contributed by atoms with E-state index in [1.165, 1.54) is 87.7 Å². The molecule has 2 aromatic heterocycles. The van der Waals surface area contributed by atoms with Crippen LogP contribution in [0.2, 0.25) is 0 Å². The highest BCUT2D eigenvalue weighted by Crippen LogP contribution is 2.40. The highest BCUT2D eigenvalue weighted by molar-refractivity contribution is 6.16. The molecule has 0 aliphatic rings. The fourth-order valence-corrected chi connectivity index (χ4v) is 7.63. The van der Waals surface area contributed by atoms with Gasteiger partial charge in [-0.3, -0.25) is 0 Å². The summed E-state index contributed by atoms with van der Waals surface area (Å²) in [5, 5.41) is 10.1. The zero-order valence-corrected chi connectivity index (χ0v) is 25.1. The molecule has 2 nitrogen and oxygen atoms in total. The summed E-state index contributed by atoms with van der Waals surface area (Å²) in [6, 6.07) is 62.0. The summed E-state index contributed by atoms with van der Waals surface area (Å²) in [6.45, 7) is 0. The van der Waals surface area contributed by atoms with E-state index in [2.05, 4.69) is 179 Å². The number of aromatic nitrogens is 2. The van der Waals surface area contributed by atoms with E-state index in [0.29, 0.717) is 0 Å². The number of hydrogen-bond acceptors (Lipinski definition) is 0. The number of fused-ring (bicyclic) bond motifs is 9. The molecule has 0 amide bonds. The van der Waals surface area contributed by atoms with Crippen LogP contribution in [0.5, 0.6) is 0 Å². The van der Waals surface area contributed by atoms with Gasteiger partial charge in [0.15, 0.2) is 0 Å².